The highest BCUT2D eigenvalue weighted by molar-refractivity contribution is 5.62. The highest BCUT2D eigenvalue weighted by atomic mass is 16.6. The number of allylic oxidation sites excluding steroid dienone is 2. The predicted octanol–water partition coefficient (Wildman–Crippen LogP) is 4.43. The van der Waals surface area contributed by atoms with Gasteiger partial charge in [0.1, 0.15) is 5.75 Å². The fourth-order valence-electron chi connectivity index (χ4n) is 3.86. The first-order valence-corrected chi connectivity index (χ1v) is 8.03. The molecule has 0 aromatic heterocycles. The predicted molar refractivity (Wildman–Crippen MR) is 92.4 cm³/mol. The number of hydrogen-bond acceptors (Lipinski definition) is 4. The molecule has 1 heterocycles. The molecule has 122 valence electrons. The van der Waals surface area contributed by atoms with Crippen molar-refractivity contribution in [2.24, 2.45) is 5.92 Å². The van der Waals surface area contributed by atoms with Gasteiger partial charge in [0.05, 0.1) is 18.1 Å². The second-order valence-electron chi connectivity index (χ2n) is 6.28. The molecule has 1 aliphatic carbocycles. The van der Waals surface area contributed by atoms with E-state index in [1.54, 1.807) is 19.2 Å². The van der Waals surface area contributed by atoms with E-state index < -0.39 is 0 Å². The maximum Gasteiger partial charge on any atom is 0.269 e. The zero-order chi connectivity index (χ0) is 16.7. The Bertz CT molecular complexity index is 831. The number of nitrogens with zero attached hydrogens (tertiary/aromatic N) is 1. The van der Waals surface area contributed by atoms with Gasteiger partial charge < -0.3 is 10.1 Å². The molecule has 1 N–H and O–H groups in total. The van der Waals surface area contributed by atoms with E-state index in [9.17, 15) is 10.1 Å². The number of methoxy groups -OCH3 is 1. The Hall–Kier alpha value is -2.82. The monoisotopic (exact) mass is 322 g/mol. The zero-order valence-electron chi connectivity index (χ0n) is 13.3. The van der Waals surface area contributed by atoms with Crippen LogP contribution in [-0.2, 0) is 0 Å². The molecule has 0 saturated carbocycles. The number of fused-ring (bicyclic) bond motifs is 3. The van der Waals surface area contributed by atoms with Gasteiger partial charge >= 0.3 is 0 Å². The van der Waals surface area contributed by atoms with E-state index in [4.69, 9.17) is 4.74 Å². The Morgan fingerprint density at radius 2 is 2.12 bits per heavy atom. The number of anilines is 1. The van der Waals surface area contributed by atoms with Crippen LogP contribution in [0.2, 0.25) is 0 Å². The molecule has 4 rings (SSSR count). The highest BCUT2D eigenvalue weighted by Crippen LogP contribution is 2.50. The lowest BCUT2D eigenvalue weighted by Gasteiger charge is -2.37. The molecular formula is C19H18N2O3. The highest BCUT2D eigenvalue weighted by Gasteiger charge is 2.38. The molecule has 0 radical (unpaired) electrons. The van der Waals surface area contributed by atoms with E-state index in [2.05, 4.69) is 23.5 Å². The van der Waals surface area contributed by atoms with Crippen LogP contribution < -0.4 is 10.1 Å². The quantitative estimate of drug-likeness (QED) is 0.516. The molecule has 2 aromatic carbocycles. The minimum absolute atomic E-state index is 0.0609. The van der Waals surface area contributed by atoms with Crippen LogP contribution in [0.3, 0.4) is 0 Å². The molecule has 0 unspecified atom stereocenters. The number of hydrogen-bond donors (Lipinski definition) is 1. The summed E-state index contributed by atoms with van der Waals surface area (Å²) in [6, 6.07) is 13.1. The van der Waals surface area contributed by atoms with Crippen molar-refractivity contribution in [2.45, 2.75) is 18.4 Å². The standard InChI is InChI=1S/C19H18N2O3/c1-24-14-8-9-18-17(11-14)15-6-3-7-16(15)19(20-18)12-4-2-5-13(10-12)21(22)23/h2-6,8-11,15-16,19-20H,7H2,1H3/t15-,16+,19+/m1/s1. The van der Waals surface area contributed by atoms with Gasteiger partial charge in [-0.2, -0.15) is 0 Å². The molecule has 5 heteroatoms. The first kappa shape index (κ1) is 14.8. The second-order valence-corrected chi connectivity index (χ2v) is 6.28. The van der Waals surface area contributed by atoms with E-state index in [1.165, 1.54) is 11.6 Å². The number of ether oxygens (including phenoxy) is 1. The summed E-state index contributed by atoms with van der Waals surface area (Å²) in [6.45, 7) is 0. The van der Waals surface area contributed by atoms with Crippen LogP contribution in [0.25, 0.3) is 0 Å². The van der Waals surface area contributed by atoms with Gasteiger partial charge in [-0.1, -0.05) is 24.3 Å². The largest absolute Gasteiger partial charge is 0.497 e. The van der Waals surface area contributed by atoms with Crippen molar-refractivity contribution in [3.05, 3.63) is 75.9 Å². The Labute approximate surface area is 140 Å². The van der Waals surface area contributed by atoms with Crippen LogP contribution >= 0.6 is 0 Å². The number of non-ortho nitro benzene ring substituents is 1. The van der Waals surface area contributed by atoms with Crippen molar-refractivity contribution in [3.63, 3.8) is 0 Å². The third-order valence-corrected chi connectivity index (χ3v) is 5.01. The minimum Gasteiger partial charge on any atom is -0.497 e. The van der Waals surface area contributed by atoms with Crippen molar-refractivity contribution in [1.29, 1.82) is 0 Å². The van der Waals surface area contributed by atoms with E-state index in [1.807, 2.05) is 18.2 Å². The van der Waals surface area contributed by atoms with Gasteiger partial charge in [0.2, 0.25) is 0 Å². The Balaban J connectivity index is 1.76. The number of nitro benzene ring substituents is 1. The lowest BCUT2D eigenvalue weighted by Crippen LogP contribution is -2.29. The second kappa shape index (κ2) is 5.67. The van der Waals surface area contributed by atoms with Gasteiger partial charge in [0.25, 0.3) is 5.69 Å². The van der Waals surface area contributed by atoms with E-state index in [0.717, 1.165) is 23.4 Å². The molecule has 2 aromatic rings. The van der Waals surface area contributed by atoms with Crippen molar-refractivity contribution >= 4 is 11.4 Å². The van der Waals surface area contributed by atoms with E-state index in [-0.39, 0.29) is 16.7 Å². The number of benzene rings is 2. The van der Waals surface area contributed by atoms with Gasteiger partial charge in [0, 0.05) is 23.7 Å². The van der Waals surface area contributed by atoms with Crippen LogP contribution in [0.1, 0.15) is 29.5 Å². The fraction of sp³-hybridized carbons (Fsp3) is 0.263. The van der Waals surface area contributed by atoms with Crippen LogP contribution in [-0.4, -0.2) is 12.0 Å². The van der Waals surface area contributed by atoms with E-state index >= 15 is 0 Å². The maximum atomic E-state index is 11.1. The molecular weight excluding hydrogens is 304 g/mol. The minimum atomic E-state index is -0.338. The summed E-state index contributed by atoms with van der Waals surface area (Å²) in [5.74, 6) is 1.51. The molecule has 1 aliphatic heterocycles. The molecule has 0 bridgehead atoms. The molecule has 2 aliphatic rings. The van der Waals surface area contributed by atoms with Crippen molar-refractivity contribution < 1.29 is 9.66 Å². The number of nitrogens with one attached hydrogen (secondary N) is 1. The third kappa shape index (κ3) is 2.33. The SMILES string of the molecule is COc1ccc2c(c1)[C@@H]1C=CC[C@@H]1[C@H](c1cccc([N+](=O)[O-])c1)N2. The van der Waals surface area contributed by atoms with Crippen molar-refractivity contribution in [1.82, 2.24) is 0 Å². The van der Waals surface area contributed by atoms with Gasteiger partial charge in [-0.3, -0.25) is 10.1 Å². The van der Waals surface area contributed by atoms with Crippen molar-refractivity contribution in [3.8, 4) is 5.75 Å². The van der Waals surface area contributed by atoms with Crippen LogP contribution in [0.15, 0.2) is 54.6 Å². The molecule has 0 spiro atoms. The van der Waals surface area contributed by atoms with Crippen molar-refractivity contribution in [2.75, 3.05) is 12.4 Å². The average molecular weight is 322 g/mol. The van der Waals surface area contributed by atoms with Crippen LogP contribution in [0, 0.1) is 16.0 Å². The number of nitro groups is 1. The summed E-state index contributed by atoms with van der Waals surface area (Å²) in [5, 5.41) is 14.7. The lowest BCUT2D eigenvalue weighted by molar-refractivity contribution is -0.384. The summed E-state index contributed by atoms with van der Waals surface area (Å²) in [5.41, 5.74) is 3.40. The molecule has 5 nitrogen and oxygen atoms in total. The zero-order valence-corrected chi connectivity index (χ0v) is 13.3. The van der Waals surface area contributed by atoms with Gasteiger partial charge in [0.15, 0.2) is 0 Å². The topological polar surface area (TPSA) is 64.4 Å². The maximum absolute atomic E-state index is 11.1. The Morgan fingerprint density at radius 1 is 1.25 bits per heavy atom. The Kier molecular flexibility index (Phi) is 3.49. The summed E-state index contributed by atoms with van der Waals surface area (Å²) < 4.78 is 5.36. The van der Waals surface area contributed by atoms with Gasteiger partial charge in [-0.25, -0.2) is 0 Å². The number of rotatable bonds is 3. The third-order valence-electron chi connectivity index (χ3n) is 5.01. The summed E-state index contributed by atoms with van der Waals surface area (Å²) in [6.07, 6.45) is 5.41. The normalized spacial score (nSPS) is 24.0. The van der Waals surface area contributed by atoms with Crippen LogP contribution in [0.5, 0.6) is 5.75 Å². The van der Waals surface area contributed by atoms with Crippen LogP contribution in [0.4, 0.5) is 11.4 Å². The molecule has 0 saturated heterocycles. The summed E-state index contributed by atoms with van der Waals surface area (Å²) in [7, 11) is 1.67. The summed E-state index contributed by atoms with van der Waals surface area (Å²) in [4.78, 5) is 10.8. The average Bonchev–Trinajstić information content (AvgIpc) is 3.10. The fourth-order valence-corrected chi connectivity index (χ4v) is 3.86. The molecule has 24 heavy (non-hydrogen) atoms. The van der Waals surface area contributed by atoms with E-state index in [0.29, 0.717) is 11.8 Å². The lowest BCUT2D eigenvalue weighted by atomic mass is 9.77. The first-order chi connectivity index (χ1) is 11.7. The van der Waals surface area contributed by atoms with Gasteiger partial charge in [-0.05, 0) is 41.7 Å². The molecule has 3 atom stereocenters. The van der Waals surface area contributed by atoms with Gasteiger partial charge in [-0.15, -0.1) is 0 Å². The molecule has 0 fully saturated rings. The molecule has 0 amide bonds. The summed E-state index contributed by atoms with van der Waals surface area (Å²) >= 11 is 0. The smallest absolute Gasteiger partial charge is 0.269 e. The Morgan fingerprint density at radius 3 is 2.92 bits per heavy atom. The first-order valence-electron chi connectivity index (χ1n) is 8.03.